The van der Waals surface area contributed by atoms with Crippen LogP contribution in [0.2, 0.25) is 0 Å². The topological polar surface area (TPSA) is 75.8 Å². The number of guanidine groups is 1. The third kappa shape index (κ3) is 4.85. The van der Waals surface area contributed by atoms with Crippen LogP contribution in [0.3, 0.4) is 0 Å². The zero-order valence-corrected chi connectivity index (χ0v) is 23.9. The number of carbonyl (C=O) groups is 1. The van der Waals surface area contributed by atoms with Crippen molar-refractivity contribution in [3.63, 3.8) is 0 Å². The summed E-state index contributed by atoms with van der Waals surface area (Å²) in [6.07, 6.45) is 1.65. The van der Waals surface area contributed by atoms with Crippen molar-refractivity contribution in [1.82, 2.24) is 19.4 Å². The Hall–Kier alpha value is -4.53. The Morgan fingerprint density at radius 3 is 2.51 bits per heavy atom. The molecule has 0 unspecified atom stereocenters. The van der Waals surface area contributed by atoms with Gasteiger partial charge in [-0.1, -0.05) is 36.4 Å². The highest BCUT2D eigenvalue weighted by molar-refractivity contribution is 6.18. The number of aromatic nitrogens is 3. The molecule has 2 aromatic carbocycles. The Kier molecular flexibility index (Phi) is 6.60. The molecule has 2 aliphatic heterocycles. The molecule has 9 heteroatoms. The highest BCUT2D eigenvalue weighted by Crippen LogP contribution is 2.39. The normalized spacial score (nSPS) is 15.7. The summed E-state index contributed by atoms with van der Waals surface area (Å²) in [5.41, 5.74) is 3.36. The van der Waals surface area contributed by atoms with Gasteiger partial charge in [-0.05, 0) is 52.8 Å². The number of hydrogen-bond donors (Lipinski definition) is 0. The van der Waals surface area contributed by atoms with Gasteiger partial charge in [-0.3, -0.25) is 19.6 Å². The molecule has 210 valence electrons. The van der Waals surface area contributed by atoms with Crippen LogP contribution in [-0.4, -0.2) is 56.0 Å². The second-order valence-corrected chi connectivity index (χ2v) is 11.3. The lowest BCUT2D eigenvalue weighted by atomic mass is 10.1. The number of pyridine rings is 1. The number of ether oxygens (including phenoxy) is 1. The van der Waals surface area contributed by atoms with Crippen molar-refractivity contribution in [2.24, 2.45) is 4.99 Å². The Morgan fingerprint density at radius 2 is 1.83 bits per heavy atom. The minimum absolute atomic E-state index is 0.140. The fourth-order valence-electron chi connectivity index (χ4n) is 5.43. The van der Waals surface area contributed by atoms with Crippen LogP contribution in [0, 0.1) is 5.82 Å². The Morgan fingerprint density at radius 1 is 1.05 bits per heavy atom. The van der Waals surface area contributed by atoms with Gasteiger partial charge in [0, 0.05) is 35.5 Å². The van der Waals surface area contributed by atoms with E-state index in [0.717, 1.165) is 22.4 Å². The van der Waals surface area contributed by atoms with E-state index in [1.54, 1.807) is 17.2 Å². The highest BCUT2D eigenvalue weighted by Gasteiger charge is 2.45. The zero-order chi connectivity index (χ0) is 28.9. The van der Waals surface area contributed by atoms with Gasteiger partial charge < -0.3 is 9.30 Å². The molecule has 0 aliphatic carbocycles. The van der Waals surface area contributed by atoms with Crippen LogP contribution in [0.25, 0.3) is 22.6 Å². The molecule has 41 heavy (non-hydrogen) atoms. The Bertz CT molecular complexity index is 1640. The van der Waals surface area contributed by atoms with Crippen molar-refractivity contribution >= 4 is 17.7 Å². The van der Waals surface area contributed by atoms with E-state index in [4.69, 9.17) is 19.7 Å². The third-order valence-electron chi connectivity index (χ3n) is 7.20. The van der Waals surface area contributed by atoms with Gasteiger partial charge in [0.25, 0.3) is 5.91 Å². The van der Waals surface area contributed by atoms with E-state index in [2.05, 4.69) is 18.7 Å². The van der Waals surface area contributed by atoms with Crippen LogP contribution in [-0.2, 0) is 6.54 Å². The van der Waals surface area contributed by atoms with E-state index in [0.29, 0.717) is 48.7 Å². The van der Waals surface area contributed by atoms with Gasteiger partial charge in [-0.2, -0.15) is 0 Å². The largest absolute Gasteiger partial charge is 0.491 e. The first-order chi connectivity index (χ1) is 19.6. The lowest BCUT2D eigenvalue weighted by molar-refractivity contribution is 0.0841. The number of imidazole rings is 1. The number of anilines is 1. The van der Waals surface area contributed by atoms with Crippen LogP contribution in [0.4, 0.5) is 10.2 Å². The SMILES string of the molecule is CCN1C(=O)c2nc(-c3ccc(-c4ccccc4)nc3)n(Cc3ccc(F)cc3OC(C)C)c2N2CC(C)(C)N=C12. The van der Waals surface area contributed by atoms with Gasteiger partial charge in [-0.25, -0.2) is 14.4 Å². The molecule has 6 rings (SSSR count). The molecule has 0 radical (unpaired) electrons. The van der Waals surface area contributed by atoms with E-state index in [9.17, 15) is 9.18 Å². The second kappa shape index (κ2) is 10.1. The van der Waals surface area contributed by atoms with Crippen LogP contribution < -0.4 is 9.64 Å². The molecule has 0 fully saturated rings. The molecule has 0 spiro atoms. The molecule has 0 saturated carbocycles. The maximum absolute atomic E-state index is 14.3. The first kappa shape index (κ1) is 26.7. The van der Waals surface area contributed by atoms with Gasteiger partial charge in [0.15, 0.2) is 5.69 Å². The first-order valence-electron chi connectivity index (χ1n) is 13.9. The Balaban J connectivity index is 1.53. The molecule has 2 aliphatic rings. The summed E-state index contributed by atoms with van der Waals surface area (Å²) in [7, 11) is 0. The summed E-state index contributed by atoms with van der Waals surface area (Å²) >= 11 is 0. The smallest absolute Gasteiger partial charge is 0.283 e. The molecule has 1 amide bonds. The number of fused-ring (bicyclic) bond motifs is 3. The van der Waals surface area contributed by atoms with Crippen molar-refractivity contribution in [2.45, 2.75) is 52.8 Å². The maximum Gasteiger partial charge on any atom is 0.283 e. The van der Waals surface area contributed by atoms with Crippen molar-refractivity contribution in [3.05, 3.63) is 83.9 Å². The lowest BCUT2D eigenvalue weighted by Crippen LogP contribution is -2.51. The molecule has 0 saturated heterocycles. The van der Waals surface area contributed by atoms with Gasteiger partial charge in [-0.15, -0.1) is 0 Å². The molecule has 4 aromatic rings. The summed E-state index contributed by atoms with van der Waals surface area (Å²) < 4.78 is 22.3. The Labute approximate surface area is 239 Å². The summed E-state index contributed by atoms with van der Waals surface area (Å²) in [6, 6.07) is 18.5. The molecular formula is C32H33FN6O2. The molecule has 0 bridgehead atoms. The van der Waals surface area contributed by atoms with Crippen LogP contribution in [0.1, 0.15) is 50.7 Å². The van der Waals surface area contributed by atoms with Crippen molar-refractivity contribution in [3.8, 4) is 28.4 Å². The average molecular weight is 553 g/mol. The fraction of sp³-hybridized carbons (Fsp3) is 0.312. The summed E-state index contributed by atoms with van der Waals surface area (Å²) in [4.78, 5) is 32.1. The number of halogens is 1. The number of benzene rings is 2. The summed E-state index contributed by atoms with van der Waals surface area (Å²) in [6.45, 7) is 11.2. The number of nitrogens with zero attached hydrogens (tertiary/aromatic N) is 6. The van der Waals surface area contributed by atoms with Crippen LogP contribution in [0.15, 0.2) is 71.9 Å². The predicted molar refractivity (Wildman–Crippen MR) is 158 cm³/mol. The van der Waals surface area contributed by atoms with Crippen LogP contribution >= 0.6 is 0 Å². The van der Waals surface area contributed by atoms with E-state index in [-0.39, 0.29) is 23.4 Å². The van der Waals surface area contributed by atoms with Crippen molar-refractivity contribution < 1.29 is 13.9 Å². The number of hydrogen-bond acceptors (Lipinski definition) is 6. The molecule has 8 nitrogen and oxygen atoms in total. The predicted octanol–water partition coefficient (Wildman–Crippen LogP) is 6.02. The minimum Gasteiger partial charge on any atom is -0.491 e. The highest BCUT2D eigenvalue weighted by atomic mass is 19.1. The molecular weight excluding hydrogens is 519 g/mol. The van der Waals surface area contributed by atoms with Gasteiger partial charge in [0.1, 0.15) is 23.2 Å². The molecule has 2 aromatic heterocycles. The van der Waals surface area contributed by atoms with E-state index < -0.39 is 0 Å². The number of amides is 1. The van der Waals surface area contributed by atoms with E-state index in [1.807, 2.05) is 67.8 Å². The zero-order valence-electron chi connectivity index (χ0n) is 23.9. The number of carbonyl (C=O) groups excluding carboxylic acids is 1. The van der Waals surface area contributed by atoms with E-state index in [1.165, 1.54) is 12.1 Å². The maximum atomic E-state index is 14.3. The molecule has 0 N–H and O–H groups in total. The van der Waals surface area contributed by atoms with Gasteiger partial charge >= 0.3 is 0 Å². The van der Waals surface area contributed by atoms with E-state index >= 15 is 0 Å². The first-order valence-corrected chi connectivity index (χ1v) is 13.9. The lowest BCUT2D eigenvalue weighted by Gasteiger charge is -2.34. The molecule has 0 atom stereocenters. The standard InChI is InChI=1S/C32H33FN6O2/c1-6-37-30(40)27-29(39-19-32(4,5)36-31(37)39)38(18-23-12-14-24(33)16-26(23)41-20(2)3)28(35-27)22-13-15-25(34-17-22)21-10-8-7-9-11-21/h7-17,20H,6,18-19H2,1-5H3. The molecule has 4 heterocycles. The monoisotopic (exact) mass is 552 g/mol. The van der Waals surface area contributed by atoms with Crippen molar-refractivity contribution in [1.29, 1.82) is 0 Å². The average Bonchev–Trinajstić information content (AvgIpc) is 3.47. The van der Waals surface area contributed by atoms with Crippen molar-refractivity contribution in [2.75, 3.05) is 18.0 Å². The van der Waals surface area contributed by atoms with Gasteiger partial charge in [0.2, 0.25) is 5.96 Å². The third-order valence-corrected chi connectivity index (χ3v) is 7.20. The quantitative estimate of drug-likeness (QED) is 0.280. The van der Waals surface area contributed by atoms with Gasteiger partial charge in [0.05, 0.1) is 30.4 Å². The fourth-order valence-corrected chi connectivity index (χ4v) is 5.43. The minimum atomic E-state index is -0.388. The number of rotatable bonds is 7. The summed E-state index contributed by atoms with van der Waals surface area (Å²) in [5, 5.41) is 0. The number of aliphatic imine (C=N–C) groups is 1. The van der Waals surface area contributed by atoms with Crippen LogP contribution in [0.5, 0.6) is 5.75 Å². The second-order valence-electron chi connectivity index (χ2n) is 11.3. The summed E-state index contributed by atoms with van der Waals surface area (Å²) in [5.74, 6) is 1.78.